The van der Waals surface area contributed by atoms with Crippen LogP contribution in [0, 0.1) is 0 Å². The van der Waals surface area contributed by atoms with E-state index in [4.69, 9.17) is 18.2 Å². The predicted molar refractivity (Wildman–Crippen MR) is 139 cm³/mol. The number of nitrogens with zero attached hydrogens (tertiary/aromatic N) is 1. The molecule has 0 N–H and O–H groups in total. The van der Waals surface area contributed by atoms with Crippen LogP contribution in [0.4, 0.5) is 0 Å². The van der Waals surface area contributed by atoms with Crippen molar-refractivity contribution in [3.8, 4) is 22.6 Å². The summed E-state index contributed by atoms with van der Waals surface area (Å²) in [5.74, 6) is 0.597. The van der Waals surface area contributed by atoms with Crippen molar-refractivity contribution >= 4 is 55.0 Å². The van der Waals surface area contributed by atoms with Gasteiger partial charge in [0.05, 0.1) is 0 Å². The normalized spacial score (nSPS) is 12.0. The van der Waals surface area contributed by atoms with Gasteiger partial charge in [-0.05, 0) is 53.6 Å². The molecular weight excluding hydrogens is 434 g/mol. The number of furan rings is 2. The molecule has 0 amide bonds. The lowest BCUT2D eigenvalue weighted by Gasteiger charge is -2.03. The molecule has 5 aromatic carbocycles. The second kappa shape index (κ2) is 6.84. The van der Waals surface area contributed by atoms with Crippen molar-refractivity contribution in [2.24, 2.45) is 0 Å². The third-order valence-corrected chi connectivity index (χ3v) is 6.73. The fourth-order valence-electron chi connectivity index (χ4n) is 4.98. The molecule has 0 aliphatic carbocycles. The van der Waals surface area contributed by atoms with E-state index in [0.29, 0.717) is 5.89 Å². The predicted octanol–water partition coefficient (Wildman–Crippen LogP) is 8.96. The number of hydrogen-bond acceptors (Lipinski definition) is 4. The molecule has 0 atom stereocenters. The van der Waals surface area contributed by atoms with Gasteiger partial charge in [0.1, 0.15) is 27.8 Å². The summed E-state index contributed by atoms with van der Waals surface area (Å²) < 4.78 is 18.1. The van der Waals surface area contributed by atoms with Crippen molar-refractivity contribution in [2.45, 2.75) is 0 Å². The Hall–Kier alpha value is -4.83. The molecule has 0 saturated carbocycles. The Morgan fingerprint density at radius 1 is 0.400 bits per heavy atom. The zero-order valence-corrected chi connectivity index (χ0v) is 18.5. The minimum absolute atomic E-state index is 0.597. The zero-order chi connectivity index (χ0) is 22.9. The Morgan fingerprint density at radius 2 is 1.00 bits per heavy atom. The molecule has 4 heteroatoms. The van der Waals surface area contributed by atoms with E-state index in [1.165, 1.54) is 0 Å². The third kappa shape index (κ3) is 2.77. The van der Waals surface area contributed by atoms with Gasteiger partial charge in [-0.15, -0.1) is 0 Å². The fraction of sp³-hybridized carbons (Fsp3) is 0. The first-order chi connectivity index (χ1) is 17.3. The Kier molecular flexibility index (Phi) is 3.63. The number of oxazole rings is 1. The SMILES string of the molecule is c1ccc2c(c1)oc1ccc(-c3ccc(-c4nc5cc6oc7ccccc7c6cc5o4)cc3)cc12. The van der Waals surface area contributed by atoms with Crippen LogP contribution >= 0.6 is 0 Å². The number of para-hydroxylation sites is 2. The van der Waals surface area contributed by atoms with Gasteiger partial charge in [-0.1, -0.05) is 54.6 Å². The first-order valence-electron chi connectivity index (χ1n) is 11.5. The molecule has 0 aliphatic heterocycles. The van der Waals surface area contributed by atoms with Crippen LogP contribution in [0.15, 0.2) is 116 Å². The van der Waals surface area contributed by atoms with E-state index in [2.05, 4.69) is 48.5 Å². The van der Waals surface area contributed by atoms with Crippen molar-refractivity contribution in [3.05, 3.63) is 103 Å². The van der Waals surface area contributed by atoms with E-state index in [1.807, 2.05) is 54.6 Å². The highest BCUT2D eigenvalue weighted by atomic mass is 16.4. The summed E-state index contributed by atoms with van der Waals surface area (Å²) in [6.45, 7) is 0. The van der Waals surface area contributed by atoms with Gasteiger partial charge in [-0.3, -0.25) is 0 Å². The summed E-state index contributed by atoms with van der Waals surface area (Å²) in [5.41, 5.74) is 8.22. The van der Waals surface area contributed by atoms with Crippen molar-refractivity contribution in [3.63, 3.8) is 0 Å². The second-order valence-electron chi connectivity index (χ2n) is 8.82. The summed E-state index contributed by atoms with van der Waals surface area (Å²) in [6, 6.07) is 34.8. The quantitative estimate of drug-likeness (QED) is 0.263. The van der Waals surface area contributed by atoms with Gasteiger partial charge in [0, 0.05) is 33.2 Å². The lowest BCUT2D eigenvalue weighted by Crippen LogP contribution is -1.80. The molecular formula is C31H17NO3. The van der Waals surface area contributed by atoms with Crippen LogP contribution in [0.2, 0.25) is 0 Å². The number of benzene rings is 5. The topological polar surface area (TPSA) is 52.3 Å². The van der Waals surface area contributed by atoms with E-state index >= 15 is 0 Å². The van der Waals surface area contributed by atoms with Gasteiger partial charge in [-0.2, -0.15) is 0 Å². The average molecular weight is 451 g/mol. The van der Waals surface area contributed by atoms with Crippen LogP contribution in [0.5, 0.6) is 0 Å². The summed E-state index contributed by atoms with van der Waals surface area (Å²) in [6.07, 6.45) is 0. The molecule has 0 saturated heterocycles. The minimum atomic E-state index is 0.597. The van der Waals surface area contributed by atoms with Crippen LogP contribution in [0.1, 0.15) is 0 Å². The molecule has 4 nitrogen and oxygen atoms in total. The molecule has 8 aromatic rings. The molecule has 0 bridgehead atoms. The molecule has 0 unspecified atom stereocenters. The maximum Gasteiger partial charge on any atom is 0.227 e. The standard InChI is InChI=1S/C31H17NO3/c1-3-7-26-21(5-1)23-15-20(13-14-28(23)33-26)18-9-11-19(12-10-18)31-32-25-17-29-24(16-30(25)35-31)22-6-2-4-8-27(22)34-29/h1-17H. The maximum atomic E-state index is 6.16. The molecule has 0 radical (unpaired) electrons. The van der Waals surface area contributed by atoms with Gasteiger partial charge in [-0.25, -0.2) is 4.98 Å². The van der Waals surface area contributed by atoms with E-state index in [9.17, 15) is 0 Å². The van der Waals surface area contributed by atoms with Gasteiger partial charge in [0.15, 0.2) is 5.58 Å². The van der Waals surface area contributed by atoms with Gasteiger partial charge in [0.2, 0.25) is 5.89 Å². The van der Waals surface area contributed by atoms with Gasteiger partial charge in [0.25, 0.3) is 0 Å². The number of aromatic nitrogens is 1. The van der Waals surface area contributed by atoms with Crippen LogP contribution in [-0.4, -0.2) is 4.98 Å². The van der Waals surface area contributed by atoms with Crippen LogP contribution in [0.25, 0.3) is 77.6 Å². The summed E-state index contributed by atoms with van der Waals surface area (Å²) >= 11 is 0. The third-order valence-electron chi connectivity index (χ3n) is 6.73. The average Bonchev–Trinajstić information content (AvgIpc) is 3.59. The van der Waals surface area contributed by atoms with Crippen LogP contribution in [0.3, 0.4) is 0 Å². The second-order valence-corrected chi connectivity index (χ2v) is 8.82. The largest absolute Gasteiger partial charge is 0.456 e. The Balaban J connectivity index is 1.19. The highest BCUT2D eigenvalue weighted by Crippen LogP contribution is 2.35. The smallest absolute Gasteiger partial charge is 0.227 e. The number of hydrogen-bond donors (Lipinski definition) is 0. The molecule has 35 heavy (non-hydrogen) atoms. The van der Waals surface area contributed by atoms with Gasteiger partial charge < -0.3 is 13.3 Å². The lowest BCUT2D eigenvalue weighted by atomic mass is 10.0. The van der Waals surface area contributed by atoms with E-state index in [-0.39, 0.29) is 0 Å². The molecule has 0 aliphatic rings. The Morgan fingerprint density at radius 3 is 1.77 bits per heavy atom. The lowest BCUT2D eigenvalue weighted by molar-refractivity contribution is 0.620. The van der Waals surface area contributed by atoms with Gasteiger partial charge >= 0.3 is 0 Å². The Bertz CT molecular complexity index is 2060. The van der Waals surface area contributed by atoms with Crippen molar-refractivity contribution in [1.29, 1.82) is 0 Å². The van der Waals surface area contributed by atoms with Crippen LogP contribution < -0.4 is 0 Å². The van der Waals surface area contributed by atoms with Crippen molar-refractivity contribution in [2.75, 3.05) is 0 Å². The maximum absolute atomic E-state index is 6.16. The molecule has 0 fully saturated rings. The zero-order valence-electron chi connectivity index (χ0n) is 18.5. The monoisotopic (exact) mass is 451 g/mol. The van der Waals surface area contributed by atoms with Crippen molar-refractivity contribution in [1.82, 2.24) is 4.98 Å². The van der Waals surface area contributed by atoms with E-state index in [0.717, 1.165) is 71.7 Å². The molecule has 164 valence electrons. The van der Waals surface area contributed by atoms with E-state index < -0.39 is 0 Å². The van der Waals surface area contributed by atoms with Crippen LogP contribution in [-0.2, 0) is 0 Å². The molecule has 0 spiro atoms. The Labute approximate surface area is 199 Å². The van der Waals surface area contributed by atoms with E-state index in [1.54, 1.807) is 0 Å². The highest BCUT2D eigenvalue weighted by Gasteiger charge is 2.14. The number of fused-ring (bicyclic) bond motifs is 7. The van der Waals surface area contributed by atoms with Crippen molar-refractivity contribution < 1.29 is 13.3 Å². The first-order valence-corrected chi connectivity index (χ1v) is 11.5. The summed E-state index contributed by atoms with van der Waals surface area (Å²) in [5, 5.41) is 4.37. The molecule has 8 rings (SSSR count). The molecule has 3 aromatic heterocycles. The summed E-state index contributed by atoms with van der Waals surface area (Å²) in [4.78, 5) is 4.73. The minimum Gasteiger partial charge on any atom is -0.456 e. The first kappa shape index (κ1) is 18.6. The summed E-state index contributed by atoms with van der Waals surface area (Å²) in [7, 11) is 0. The highest BCUT2D eigenvalue weighted by molar-refractivity contribution is 6.09. The fourth-order valence-corrected chi connectivity index (χ4v) is 4.98. The number of rotatable bonds is 2. The molecule has 3 heterocycles.